The second-order valence-electron chi connectivity index (χ2n) is 4.86. The zero-order chi connectivity index (χ0) is 16.8. The minimum absolute atomic E-state index is 0.0414. The first-order valence-electron chi connectivity index (χ1n) is 6.91. The maximum atomic E-state index is 11.8. The summed E-state index contributed by atoms with van der Waals surface area (Å²) < 4.78 is 5.32. The lowest BCUT2D eigenvalue weighted by molar-refractivity contribution is -0.115. The van der Waals surface area contributed by atoms with Gasteiger partial charge in [0.2, 0.25) is 5.91 Å². The van der Waals surface area contributed by atoms with Crippen LogP contribution in [-0.2, 0) is 4.79 Å². The van der Waals surface area contributed by atoms with Crippen molar-refractivity contribution >= 4 is 40.8 Å². The number of benzene rings is 1. The van der Waals surface area contributed by atoms with Gasteiger partial charge in [-0.2, -0.15) is 0 Å². The summed E-state index contributed by atoms with van der Waals surface area (Å²) >= 11 is 5.07. The highest BCUT2D eigenvalue weighted by Crippen LogP contribution is 2.11. The highest BCUT2D eigenvalue weighted by molar-refractivity contribution is 7.80. The maximum Gasteiger partial charge on any atom is 0.250 e. The molecule has 5 nitrogen and oxygen atoms in total. The minimum atomic E-state index is -0.376. The Morgan fingerprint density at radius 2 is 2.00 bits per heavy atom. The number of hydrogen-bond donors (Lipinski definition) is 2. The molecule has 0 atom stereocenters. The van der Waals surface area contributed by atoms with Crippen LogP contribution in [0, 0.1) is 6.92 Å². The molecule has 2 aromatic rings. The number of thiocarbonyl (C=S) groups is 1. The first kappa shape index (κ1) is 16.6. The first-order valence-corrected chi connectivity index (χ1v) is 7.32. The summed E-state index contributed by atoms with van der Waals surface area (Å²) in [5.74, 6) is 0.942. The van der Waals surface area contributed by atoms with E-state index >= 15 is 0 Å². The SMILES string of the molecule is CC(=O)c1cccc(NC(=S)NC(=O)/C=C/c2ccc(C)o2)c1. The number of ketones is 1. The van der Waals surface area contributed by atoms with Crippen molar-refractivity contribution in [2.24, 2.45) is 0 Å². The molecule has 2 N–H and O–H groups in total. The smallest absolute Gasteiger partial charge is 0.250 e. The number of carbonyl (C=O) groups excluding carboxylic acids is 2. The number of nitrogens with one attached hydrogen (secondary N) is 2. The molecule has 0 spiro atoms. The maximum absolute atomic E-state index is 11.8. The zero-order valence-electron chi connectivity index (χ0n) is 12.8. The van der Waals surface area contributed by atoms with Crippen molar-refractivity contribution < 1.29 is 14.0 Å². The van der Waals surface area contributed by atoms with Gasteiger partial charge in [-0.15, -0.1) is 0 Å². The second-order valence-corrected chi connectivity index (χ2v) is 5.27. The van der Waals surface area contributed by atoms with Crippen LogP contribution in [0.5, 0.6) is 0 Å². The molecule has 118 valence electrons. The van der Waals surface area contributed by atoms with Gasteiger partial charge in [0.25, 0.3) is 0 Å². The summed E-state index contributed by atoms with van der Waals surface area (Å²) in [6, 6.07) is 10.5. The van der Waals surface area contributed by atoms with Gasteiger partial charge in [-0.3, -0.25) is 14.9 Å². The Morgan fingerprint density at radius 1 is 1.22 bits per heavy atom. The number of furan rings is 1. The Morgan fingerprint density at radius 3 is 2.65 bits per heavy atom. The topological polar surface area (TPSA) is 71.3 Å². The normalized spacial score (nSPS) is 10.5. The van der Waals surface area contributed by atoms with Gasteiger partial charge >= 0.3 is 0 Å². The fraction of sp³-hybridized carbons (Fsp3) is 0.118. The van der Waals surface area contributed by atoms with Crippen molar-refractivity contribution in [3.8, 4) is 0 Å². The molecule has 0 fully saturated rings. The number of aryl methyl sites for hydroxylation is 1. The Bertz CT molecular complexity index is 778. The summed E-state index contributed by atoms with van der Waals surface area (Å²) in [6.45, 7) is 3.31. The minimum Gasteiger partial charge on any atom is -0.462 e. The molecule has 6 heteroatoms. The molecule has 0 saturated carbocycles. The van der Waals surface area contributed by atoms with Crippen LogP contribution < -0.4 is 10.6 Å². The van der Waals surface area contributed by atoms with Gasteiger partial charge in [-0.25, -0.2) is 0 Å². The van der Waals surface area contributed by atoms with Gasteiger partial charge in [-0.05, 0) is 56.4 Å². The molecule has 0 radical (unpaired) electrons. The van der Waals surface area contributed by atoms with E-state index in [0.717, 1.165) is 5.76 Å². The van der Waals surface area contributed by atoms with E-state index in [2.05, 4.69) is 10.6 Å². The van der Waals surface area contributed by atoms with Gasteiger partial charge in [0.15, 0.2) is 10.9 Å². The van der Waals surface area contributed by atoms with Crippen LogP contribution in [-0.4, -0.2) is 16.8 Å². The Kier molecular flexibility index (Phi) is 5.43. The monoisotopic (exact) mass is 328 g/mol. The molecule has 0 bridgehead atoms. The molecule has 23 heavy (non-hydrogen) atoms. The van der Waals surface area contributed by atoms with Crippen LogP contribution in [0.4, 0.5) is 5.69 Å². The molecule has 0 aliphatic heterocycles. The number of hydrogen-bond acceptors (Lipinski definition) is 4. The van der Waals surface area contributed by atoms with E-state index in [1.54, 1.807) is 36.4 Å². The number of Topliss-reactive ketones (excluding diaryl/α,β-unsaturated/α-hetero) is 1. The predicted molar refractivity (Wildman–Crippen MR) is 93.3 cm³/mol. The lowest BCUT2D eigenvalue weighted by atomic mass is 10.1. The number of rotatable bonds is 4. The molecule has 0 saturated heterocycles. The number of amides is 1. The third kappa shape index (κ3) is 5.19. The summed E-state index contributed by atoms with van der Waals surface area (Å²) in [5.41, 5.74) is 1.20. The Hall–Kier alpha value is -2.73. The van der Waals surface area contributed by atoms with E-state index in [1.165, 1.54) is 13.0 Å². The summed E-state index contributed by atoms with van der Waals surface area (Å²) in [4.78, 5) is 23.1. The van der Waals surface area contributed by atoms with Crippen molar-refractivity contribution in [1.82, 2.24) is 5.32 Å². The van der Waals surface area contributed by atoms with Crippen molar-refractivity contribution in [2.45, 2.75) is 13.8 Å². The molecule has 0 aliphatic rings. The van der Waals surface area contributed by atoms with E-state index in [-0.39, 0.29) is 16.8 Å². The average molecular weight is 328 g/mol. The van der Waals surface area contributed by atoms with Gasteiger partial charge in [0.05, 0.1) is 0 Å². The van der Waals surface area contributed by atoms with Gasteiger partial charge in [0, 0.05) is 17.3 Å². The van der Waals surface area contributed by atoms with Crippen LogP contribution in [0.25, 0.3) is 6.08 Å². The van der Waals surface area contributed by atoms with Crippen molar-refractivity contribution in [1.29, 1.82) is 0 Å². The van der Waals surface area contributed by atoms with E-state index in [9.17, 15) is 9.59 Å². The fourth-order valence-corrected chi connectivity index (χ4v) is 2.05. The van der Waals surface area contributed by atoms with Crippen molar-refractivity contribution in [2.75, 3.05) is 5.32 Å². The first-order chi connectivity index (χ1) is 10.9. The average Bonchev–Trinajstić information content (AvgIpc) is 2.91. The molecule has 1 aromatic carbocycles. The van der Waals surface area contributed by atoms with E-state index in [0.29, 0.717) is 17.0 Å². The van der Waals surface area contributed by atoms with Crippen LogP contribution in [0.3, 0.4) is 0 Å². The van der Waals surface area contributed by atoms with Crippen molar-refractivity contribution in [3.05, 3.63) is 59.6 Å². The standard InChI is InChI=1S/C17H16N2O3S/c1-11-6-7-15(22-11)8-9-16(21)19-17(23)18-14-5-3-4-13(10-14)12(2)20/h3-10H,1-2H3,(H2,18,19,21,23)/b9-8+. The molecule has 1 aromatic heterocycles. The number of carbonyl (C=O) groups is 2. The molecule has 1 heterocycles. The summed E-state index contributed by atoms with van der Waals surface area (Å²) in [5, 5.41) is 5.53. The van der Waals surface area contributed by atoms with Gasteiger partial charge in [-0.1, -0.05) is 12.1 Å². The van der Waals surface area contributed by atoms with E-state index < -0.39 is 0 Å². The lowest BCUT2D eigenvalue weighted by Crippen LogP contribution is -2.32. The zero-order valence-corrected chi connectivity index (χ0v) is 13.6. The van der Waals surface area contributed by atoms with Gasteiger partial charge in [0.1, 0.15) is 11.5 Å². The van der Waals surface area contributed by atoms with Crippen LogP contribution in [0.2, 0.25) is 0 Å². The molecule has 0 aliphatic carbocycles. The fourth-order valence-electron chi connectivity index (χ4n) is 1.83. The Balaban J connectivity index is 1.91. The highest BCUT2D eigenvalue weighted by atomic mass is 32.1. The largest absolute Gasteiger partial charge is 0.462 e. The molecule has 0 unspecified atom stereocenters. The third-order valence-electron chi connectivity index (χ3n) is 2.92. The summed E-state index contributed by atoms with van der Waals surface area (Å²) in [7, 11) is 0. The Labute approximate surface area is 139 Å². The van der Waals surface area contributed by atoms with Crippen LogP contribution in [0.1, 0.15) is 28.8 Å². The number of anilines is 1. The lowest BCUT2D eigenvalue weighted by Gasteiger charge is -2.08. The van der Waals surface area contributed by atoms with Crippen molar-refractivity contribution in [3.63, 3.8) is 0 Å². The molecular weight excluding hydrogens is 312 g/mol. The van der Waals surface area contributed by atoms with E-state index in [1.807, 2.05) is 13.0 Å². The molecule has 1 amide bonds. The van der Waals surface area contributed by atoms with Gasteiger partial charge < -0.3 is 9.73 Å². The van der Waals surface area contributed by atoms with Crippen LogP contribution >= 0.6 is 12.2 Å². The third-order valence-corrected chi connectivity index (χ3v) is 3.13. The van der Waals surface area contributed by atoms with Crippen LogP contribution in [0.15, 0.2) is 46.9 Å². The second kappa shape index (κ2) is 7.51. The highest BCUT2D eigenvalue weighted by Gasteiger charge is 2.04. The molecular formula is C17H16N2O3S. The summed E-state index contributed by atoms with van der Waals surface area (Å²) in [6.07, 6.45) is 2.89. The predicted octanol–water partition coefficient (Wildman–Crippen LogP) is 3.32. The molecule has 2 rings (SSSR count). The quantitative estimate of drug-likeness (QED) is 0.512. The van der Waals surface area contributed by atoms with E-state index in [4.69, 9.17) is 16.6 Å².